The number of rotatable bonds is 5. The van der Waals surface area contributed by atoms with Crippen molar-refractivity contribution >= 4 is 5.96 Å². The van der Waals surface area contributed by atoms with E-state index in [0.717, 1.165) is 50.7 Å². The van der Waals surface area contributed by atoms with E-state index in [1.165, 1.54) is 5.56 Å². The van der Waals surface area contributed by atoms with Crippen LogP contribution in [0.4, 0.5) is 0 Å². The molecule has 2 aromatic rings. The fraction of sp³-hybridized carbons (Fsp3) is 0.550. The van der Waals surface area contributed by atoms with E-state index in [9.17, 15) is 0 Å². The van der Waals surface area contributed by atoms with Crippen molar-refractivity contribution in [1.29, 1.82) is 0 Å². The molecule has 0 amide bonds. The number of nitrogens with one attached hydrogen (secondary N) is 2. The molecule has 2 N–H and O–H groups in total. The van der Waals surface area contributed by atoms with E-state index in [2.05, 4.69) is 74.6 Å². The molecule has 2 heterocycles. The summed E-state index contributed by atoms with van der Waals surface area (Å²) in [5, 5.41) is 10.6. The van der Waals surface area contributed by atoms with Gasteiger partial charge in [0.25, 0.3) is 0 Å². The van der Waals surface area contributed by atoms with E-state index in [1.807, 2.05) is 7.05 Å². The SMILES string of the molecule is CN=C(NCC(C)(C)Cc1ccccc1)N1CCC(c2ncn[nH]2)CC1. The van der Waals surface area contributed by atoms with Crippen LogP contribution >= 0.6 is 0 Å². The summed E-state index contributed by atoms with van der Waals surface area (Å²) >= 11 is 0. The monoisotopic (exact) mass is 354 g/mol. The summed E-state index contributed by atoms with van der Waals surface area (Å²) in [6, 6.07) is 10.7. The van der Waals surface area contributed by atoms with Crippen molar-refractivity contribution in [2.24, 2.45) is 10.4 Å². The van der Waals surface area contributed by atoms with Crippen molar-refractivity contribution < 1.29 is 0 Å². The second-order valence-corrected chi connectivity index (χ2v) is 7.86. The van der Waals surface area contributed by atoms with Crippen LogP contribution in [0.3, 0.4) is 0 Å². The fourth-order valence-corrected chi connectivity index (χ4v) is 3.64. The predicted molar refractivity (Wildman–Crippen MR) is 105 cm³/mol. The highest BCUT2D eigenvalue weighted by atomic mass is 15.3. The van der Waals surface area contributed by atoms with Crippen molar-refractivity contribution in [3.8, 4) is 0 Å². The number of guanidine groups is 1. The van der Waals surface area contributed by atoms with Crippen LogP contribution in [-0.2, 0) is 6.42 Å². The van der Waals surface area contributed by atoms with E-state index in [0.29, 0.717) is 5.92 Å². The van der Waals surface area contributed by atoms with Crippen molar-refractivity contribution in [3.05, 3.63) is 48.0 Å². The fourth-order valence-electron chi connectivity index (χ4n) is 3.64. The number of likely N-dealkylation sites (tertiary alicyclic amines) is 1. The molecule has 0 atom stereocenters. The Labute approximate surface area is 156 Å². The van der Waals surface area contributed by atoms with Gasteiger partial charge in [0.2, 0.25) is 0 Å². The summed E-state index contributed by atoms with van der Waals surface area (Å²) in [5.41, 5.74) is 1.54. The molecule has 6 heteroatoms. The molecule has 0 bridgehead atoms. The topological polar surface area (TPSA) is 69.2 Å². The molecule has 1 aliphatic rings. The number of aromatic nitrogens is 3. The third-order valence-corrected chi connectivity index (χ3v) is 5.08. The first kappa shape index (κ1) is 18.4. The molecule has 1 fully saturated rings. The molecular weight excluding hydrogens is 324 g/mol. The quantitative estimate of drug-likeness (QED) is 0.640. The first-order chi connectivity index (χ1) is 12.6. The third kappa shape index (κ3) is 4.84. The number of H-pyrrole nitrogens is 1. The Morgan fingerprint density at radius 1 is 1.27 bits per heavy atom. The third-order valence-electron chi connectivity index (χ3n) is 5.08. The van der Waals surface area contributed by atoms with E-state index in [4.69, 9.17) is 0 Å². The van der Waals surface area contributed by atoms with E-state index < -0.39 is 0 Å². The molecule has 1 aliphatic heterocycles. The van der Waals surface area contributed by atoms with Gasteiger partial charge in [0.1, 0.15) is 12.2 Å². The molecule has 0 unspecified atom stereocenters. The van der Waals surface area contributed by atoms with Crippen LogP contribution < -0.4 is 5.32 Å². The number of aromatic amines is 1. The molecule has 0 aliphatic carbocycles. The van der Waals surface area contributed by atoms with Crippen molar-refractivity contribution in [2.75, 3.05) is 26.7 Å². The Morgan fingerprint density at radius 2 is 2.00 bits per heavy atom. The Kier molecular flexibility index (Phi) is 5.91. The highest BCUT2D eigenvalue weighted by Gasteiger charge is 2.25. The summed E-state index contributed by atoms with van der Waals surface area (Å²) in [6.45, 7) is 7.48. The van der Waals surface area contributed by atoms with Gasteiger partial charge in [-0.1, -0.05) is 44.2 Å². The average molecular weight is 355 g/mol. The van der Waals surface area contributed by atoms with Crippen molar-refractivity contribution in [2.45, 2.75) is 39.0 Å². The second-order valence-electron chi connectivity index (χ2n) is 7.86. The highest BCUT2D eigenvalue weighted by Crippen LogP contribution is 2.25. The summed E-state index contributed by atoms with van der Waals surface area (Å²) in [4.78, 5) is 11.2. The van der Waals surface area contributed by atoms with Crippen LogP contribution in [0.5, 0.6) is 0 Å². The Morgan fingerprint density at radius 3 is 2.62 bits per heavy atom. The first-order valence-corrected chi connectivity index (χ1v) is 9.42. The number of nitrogens with zero attached hydrogens (tertiary/aromatic N) is 4. The van der Waals surface area contributed by atoms with Crippen LogP contribution in [0.1, 0.15) is 44.0 Å². The molecule has 0 spiro atoms. The molecular formula is C20H30N6. The van der Waals surface area contributed by atoms with E-state index in [-0.39, 0.29) is 5.41 Å². The van der Waals surface area contributed by atoms with Crippen LogP contribution in [-0.4, -0.2) is 52.7 Å². The minimum absolute atomic E-state index is 0.162. The number of benzene rings is 1. The van der Waals surface area contributed by atoms with Gasteiger partial charge >= 0.3 is 0 Å². The van der Waals surface area contributed by atoms with Gasteiger partial charge < -0.3 is 10.2 Å². The van der Waals surface area contributed by atoms with Gasteiger partial charge in [-0.15, -0.1) is 0 Å². The van der Waals surface area contributed by atoms with E-state index >= 15 is 0 Å². The largest absolute Gasteiger partial charge is 0.356 e. The van der Waals surface area contributed by atoms with Gasteiger partial charge in [-0.25, -0.2) is 4.98 Å². The standard InChI is InChI=1S/C20H30N6/c1-20(2,13-16-7-5-4-6-8-16)14-22-19(21-3)26-11-9-17(10-12-26)18-23-15-24-25-18/h4-8,15,17H,9-14H2,1-3H3,(H,21,22)(H,23,24,25). The zero-order chi connectivity index (χ0) is 18.4. The molecule has 0 radical (unpaired) electrons. The van der Waals surface area contributed by atoms with Crippen LogP contribution in [0, 0.1) is 5.41 Å². The summed E-state index contributed by atoms with van der Waals surface area (Å²) < 4.78 is 0. The second kappa shape index (κ2) is 8.34. The zero-order valence-corrected chi connectivity index (χ0v) is 16.1. The molecule has 26 heavy (non-hydrogen) atoms. The van der Waals surface area contributed by atoms with Gasteiger partial charge in [0.05, 0.1) is 0 Å². The summed E-state index contributed by atoms with van der Waals surface area (Å²) in [5.74, 6) is 2.49. The lowest BCUT2D eigenvalue weighted by molar-refractivity contribution is 0.289. The molecule has 6 nitrogen and oxygen atoms in total. The normalized spacial score (nSPS) is 16.7. The van der Waals surface area contributed by atoms with E-state index in [1.54, 1.807) is 6.33 Å². The zero-order valence-electron chi connectivity index (χ0n) is 16.1. The van der Waals surface area contributed by atoms with Gasteiger partial charge in [-0.05, 0) is 30.2 Å². The maximum Gasteiger partial charge on any atom is 0.193 e. The maximum atomic E-state index is 4.51. The lowest BCUT2D eigenvalue weighted by Crippen LogP contribution is -2.48. The maximum absolute atomic E-state index is 4.51. The molecule has 1 aromatic heterocycles. The summed E-state index contributed by atoms with van der Waals surface area (Å²) in [7, 11) is 1.87. The Bertz CT molecular complexity index is 684. The highest BCUT2D eigenvalue weighted by molar-refractivity contribution is 5.80. The molecule has 3 rings (SSSR count). The Hall–Kier alpha value is -2.37. The average Bonchev–Trinajstić information content (AvgIpc) is 3.18. The van der Waals surface area contributed by atoms with Crippen molar-refractivity contribution in [3.63, 3.8) is 0 Å². The Balaban J connectivity index is 1.50. The minimum atomic E-state index is 0.162. The van der Waals surface area contributed by atoms with Gasteiger partial charge in [-0.3, -0.25) is 10.1 Å². The van der Waals surface area contributed by atoms with Crippen molar-refractivity contribution in [1.82, 2.24) is 25.4 Å². The number of piperidine rings is 1. The van der Waals surface area contributed by atoms with Gasteiger partial charge in [0.15, 0.2) is 5.96 Å². The minimum Gasteiger partial charge on any atom is -0.356 e. The predicted octanol–water partition coefficient (Wildman–Crippen LogP) is 2.83. The van der Waals surface area contributed by atoms with Crippen LogP contribution in [0.25, 0.3) is 0 Å². The van der Waals surface area contributed by atoms with Gasteiger partial charge in [0, 0.05) is 32.6 Å². The molecule has 140 valence electrons. The number of aliphatic imine (C=N–C) groups is 1. The first-order valence-electron chi connectivity index (χ1n) is 9.42. The van der Waals surface area contributed by atoms with Crippen LogP contribution in [0.2, 0.25) is 0 Å². The van der Waals surface area contributed by atoms with Crippen LogP contribution in [0.15, 0.2) is 41.7 Å². The molecule has 0 saturated carbocycles. The lowest BCUT2D eigenvalue weighted by Gasteiger charge is -2.35. The number of hydrogen-bond donors (Lipinski definition) is 2. The molecule has 1 saturated heterocycles. The lowest BCUT2D eigenvalue weighted by atomic mass is 9.85. The van der Waals surface area contributed by atoms with Gasteiger partial charge in [-0.2, -0.15) is 5.10 Å². The smallest absolute Gasteiger partial charge is 0.193 e. The number of hydrogen-bond acceptors (Lipinski definition) is 3. The molecule has 1 aromatic carbocycles. The summed E-state index contributed by atoms with van der Waals surface area (Å²) in [6.07, 6.45) is 4.79.